The summed E-state index contributed by atoms with van der Waals surface area (Å²) in [6.45, 7) is 6.26. The highest BCUT2D eigenvalue weighted by atomic mass is 15.4. The Morgan fingerprint density at radius 3 is 2.47 bits per heavy atom. The molecule has 19 heavy (non-hydrogen) atoms. The summed E-state index contributed by atoms with van der Waals surface area (Å²) in [4.78, 5) is 0. The molecule has 0 atom stereocenters. The van der Waals surface area contributed by atoms with E-state index in [2.05, 4.69) is 55.4 Å². The molecule has 0 aliphatic heterocycles. The standard InChI is InChI=1S/C15H18N4/c1-4-5-6-15-14(10-16)17-18-19(15)13-8-11(2)7-12(3)9-13/h7-9H,4-6H2,1-3H3. The number of rotatable bonds is 4. The fourth-order valence-corrected chi connectivity index (χ4v) is 2.24. The van der Waals surface area contributed by atoms with E-state index in [0.29, 0.717) is 5.69 Å². The number of hydrogen-bond donors (Lipinski definition) is 0. The molecule has 0 aliphatic carbocycles. The van der Waals surface area contributed by atoms with Crippen molar-refractivity contribution in [2.75, 3.05) is 0 Å². The van der Waals surface area contributed by atoms with Crippen molar-refractivity contribution in [2.24, 2.45) is 0 Å². The van der Waals surface area contributed by atoms with Gasteiger partial charge in [0, 0.05) is 0 Å². The van der Waals surface area contributed by atoms with Crippen LogP contribution in [0.5, 0.6) is 0 Å². The Morgan fingerprint density at radius 1 is 1.21 bits per heavy atom. The molecule has 2 aromatic rings. The van der Waals surface area contributed by atoms with Crippen LogP contribution in [0.4, 0.5) is 0 Å². The van der Waals surface area contributed by atoms with Gasteiger partial charge in [0.05, 0.1) is 11.4 Å². The third-order valence-electron chi connectivity index (χ3n) is 3.09. The summed E-state index contributed by atoms with van der Waals surface area (Å²) in [6.07, 6.45) is 2.95. The number of nitrogens with zero attached hydrogens (tertiary/aromatic N) is 4. The normalized spacial score (nSPS) is 10.4. The van der Waals surface area contributed by atoms with Gasteiger partial charge in [-0.1, -0.05) is 24.6 Å². The second-order valence-corrected chi connectivity index (χ2v) is 4.86. The fraction of sp³-hybridized carbons (Fsp3) is 0.400. The van der Waals surface area contributed by atoms with Gasteiger partial charge < -0.3 is 0 Å². The van der Waals surface area contributed by atoms with E-state index in [0.717, 1.165) is 30.6 Å². The third-order valence-corrected chi connectivity index (χ3v) is 3.09. The first-order chi connectivity index (χ1) is 9.15. The van der Waals surface area contributed by atoms with Crippen LogP contribution in [-0.2, 0) is 6.42 Å². The zero-order valence-corrected chi connectivity index (χ0v) is 11.6. The van der Waals surface area contributed by atoms with Gasteiger partial charge in [-0.3, -0.25) is 0 Å². The number of aromatic nitrogens is 3. The maximum atomic E-state index is 9.12. The van der Waals surface area contributed by atoms with Gasteiger partial charge >= 0.3 is 0 Å². The smallest absolute Gasteiger partial charge is 0.186 e. The molecule has 1 heterocycles. The van der Waals surface area contributed by atoms with Crippen molar-refractivity contribution in [3.63, 3.8) is 0 Å². The van der Waals surface area contributed by atoms with Crippen LogP contribution in [0.15, 0.2) is 18.2 Å². The van der Waals surface area contributed by atoms with E-state index in [1.165, 1.54) is 11.1 Å². The van der Waals surface area contributed by atoms with Crippen LogP contribution in [-0.4, -0.2) is 15.0 Å². The summed E-state index contributed by atoms with van der Waals surface area (Å²) in [6, 6.07) is 8.39. The Morgan fingerprint density at radius 2 is 1.89 bits per heavy atom. The molecule has 0 spiro atoms. The van der Waals surface area contributed by atoms with Crippen LogP contribution >= 0.6 is 0 Å². The summed E-state index contributed by atoms with van der Waals surface area (Å²) in [5.74, 6) is 0. The molecule has 4 nitrogen and oxygen atoms in total. The molecule has 98 valence electrons. The quantitative estimate of drug-likeness (QED) is 0.842. The van der Waals surface area contributed by atoms with Gasteiger partial charge in [0.15, 0.2) is 5.69 Å². The molecule has 0 unspecified atom stereocenters. The molecule has 1 aromatic carbocycles. The molecule has 0 saturated heterocycles. The highest BCUT2D eigenvalue weighted by Crippen LogP contribution is 2.17. The predicted octanol–water partition coefficient (Wildman–Crippen LogP) is 3.10. The van der Waals surface area contributed by atoms with Crippen molar-refractivity contribution in [3.8, 4) is 11.8 Å². The molecule has 0 fully saturated rings. The van der Waals surface area contributed by atoms with E-state index in [-0.39, 0.29) is 0 Å². The van der Waals surface area contributed by atoms with Crippen LogP contribution < -0.4 is 0 Å². The summed E-state index contributed by atoms with van der Waals surface area (Å²) in [5, 5.41) is 17.2. The molecule has 0 bridgehead atoms. The molecule has 0 amide bonds. The zero-order chi connectivity index (χ0) is 13.8. The average Bonchev–Trinajstić information content (AvgIpc) is 2.77. The largest absolute Gasteiger partial charge is 0.216 e. The predicted molar refractivity (Wildman–Crippen MR) is 74.2 cm³/mol. The second kappa shape index (κ2) is 5.66. The Labute approximate surface area is 113 Å². The molecular weight excluding hydrogens is 236 g/mol. The van der Waals surface area contributed by atoms with Crippen LogP contribution in [0.25, 0.3) is 5.69 Å². The van der Waals surface area contributed by atoms with Crippen molar-refractivity contribution in [2.45, 2.75) is 40.0 Å². The Balaban J connectivity index is 2.49. The number of nitriles is 1. The van der Waals surface area contributed by atoms with E-state index in [4.69, 9.17) is 5.26 Å². The van der Waals surface area contributed by atoms with Crippen LogP contribution in [0, 0.1) is 25.2 Å². The van der Waals surface area contributed by atoms with E-state index < -0.39 is 0 Å². The molecule has 0 saturated carbocycles. The average molecular weight is 254 g/mol. The Bertz CT molecular complexity index is 599. The number of benzene rings is 1. The molecule has 0 aliphatic rings. The van der Waals surface area contributed by atoms with Crippen LogP contribution in [0.1, 0.15) is 42.3 Å². The molecule has 2 rings (SSSR count). The first kappa shape index (κ1) is 13.3. The van der Waals surface area contributed by atoms with Crippen molar-refractivity contribution in [3.05, 3.63) is 40.7 Å². The Hall–Kier alpha value is -2.15. The summed E-state index contributed by atoms with van der Waals surface area (Å²) in [5.41, 5.74) is 4.70. The second-order valence-electron chi connectivity index (χ2n) is 4.86. The minimum Gasteiger partial charge on any atom is -0.216 e. The number of hydrogen-bond acceptors (Lipinski definition) is 3. The van der Waals surface area contributed by atoms with E-state index in [9.17, 15) is 0 Å². The molecule has 0 radical (unpaired) electrons. The first-order valence-electron chi connectivity index (χ1n) is 6.59. The van der Waals surface area contributed by atoms with Gasteiger partial charge in [-0.25, -0.2) is 4.68 Å². The summed E-state index contributed by atoms with van der Waals surface area (Å²) in [7, 11) is 0. The third kappa shape index (κ3) is 2.82. The van der Waals surface area contributed by atoms with Gasteiger partial charge in [0.1, 0.15) is 6.07 Å². The van der Waals surface area contributed by atoms with Crippen LogP contribution in [0.2, 0.25) is 0 Å². The topological polar surface area (TPSA) is 54.5 Å². The number of unbranched alkanes of at least 4 members (excludes halogenated alkanes) is 1. The lowest BCUT2D eigenvalue weighted by atomic mass is 10.1. The maximum Gasteiger partial charge on any atom is 0.186 e. The van der Waals surface area contributed by atoms with E-state index >= 15 is 0 Å². The highest BCUT2D eigenvalue weighted by Gasteiger charge is 2.13. The lowest BCUT2D eigenvalue weighted by molar-refractivity contribution is 0.714. The first-order valence-corrected chi connectivity index (χ1v) is 6.59. The maximum absolute atomic E-state index is 9.12. The Kier molecular flexibility index (Phi) is 3.96. The van der Waals surface area contributed by atoms with Gasteiger partial charge in [-0.2, -0.15) is 5.26 Å². The van der Waals surface area contributed by atoms with Gasteiger partial charge in [0.2, 0.25) is 0 Å². The van der Waals surface area contributed by atoms with Crippen molar-refractivity contribution < 1.29 is 0 Å². The lowest BCUT2D eigenvalue weighted by Crippen LogP contribution is -2.04. The minimum absolute atomic E-state index is 0.438. The van der Waals surface area contributed by atoms with Crippen molar-refractivity contribution >= 4 is 0 Å². The van der Waals surface area contributed by atoms with Gasteiger partial charge in [-0.05, 0) is 49.9 Å². The van der Waals surface area contributed by atoms with Crippen molar-refractivity contribution in [1.82, 2.24) is 15.0 Å². The van der Waals surface area contributed by atoms with Gasteiger partial charge in [0.25, 0.3) is 0 Å². The molecule has 1 aromatic heterocycles. The fourth-order valence-electron chi connectivity index (χ4n) is 2.24. The number of aryl methyl sites for hydroxylation is 2. The van der Waals surface area contributed by atoms with Crippen molar-refractivity contribution in [1.29, 1.82) is 5.26 Å². The highest BCUT2D eigenvalue weighted by molar-refractivity contribution is 5.41. The van der Waals surface area contributed by atoms with E-state index in [1.807, 2.05) is 0 Å². The van der Waals surface area contributed by atoms with Gasteiger partial charge in [-0.15, -0.1) is 5.10 Å². The zero-order valence-electron chi connectivity index (χ0n) is 11.6. The molecule has 0 N–H and O–H groups in total. The van der Waals surface area contributed by atoms with E-state index in [1.54, 1.807) is 4.68 Å². The summed E-state index contributed by atoms with van der Waals surface area (Å²) < 4.78 is 1.80. The lowest BCUT2D eigenvalue weighted by Gasteiger charge is -2.08. The summed E-state index contributed by atoms with van der Waals surface area (Å²) >= 11 is 0. The monoisotopic (exact) mass is 254 g/mol. The molecular formula is C15H18N4. The van der Waals surface area contributed by atoms with Crippen LogP contribution in [0.3, 0.4) is 0 Å². The minimum atomic E-state index is 0.438. The molecule has 4 heteroatoms. The SMILES string of the molecule is CCCCc1c(C#N)nnn1-c1cc(C)cc(C)c1.